The Morgan fingerprint density at radius 1 is 1.05 bits per heavy atom. The third kappa shape index (κ3) is 2.05. The summed E-state index contributed by atoms with van der Waals surface area (Å²) in [5.41, 5.74) is 2.59. The number of aryl methyl sites for hydroxylation is 1. The Morgan fingerprint density at radius 2 is 1.80 bits per heavy atom. The Labute approximate surface area is 116 Å². The first-order valence-corrected chi connectivity index (χ1v) is 6.32. The van der Waals surface area contributed by atoms with Crippen LogP contribution >= 0.6 is 0 Å². The summed E-state index contributed by atoms with van der Waals surface area (Å²) in [6.07, 6.45) is 0. The number of methoxy groups -OCH3 is 1. The van der Waals surface area contributed by atoms with Crippen LogP contribution in [0.1, 0.15) is 5.56 Å². The van der Waals surface area contributed by atoms with E-state index in [-0.39, 0.29) is 5.56 Å². The van der Waals surface area contributed by atoms with E-state index >= 15 is 0 Å². The van der Waals surface area contributed by atoms with Gasteiger partial charge in [0.25, 0.3) is 5.56 Å². The summed E-state index contributed by atoms with van der Waals surface area (Å²) in [4.78, 5) is 11.9. The normalized spacial score (nSPS) is 10.7. The first kappa shape index (κ1) is 12.4. The van der Waals surface area contributed by atoms with Crippen LogP contribution in [-0.4, -0.2) is 17.3 Å². The summed E-state index contributed by atoms with van der Waals surface area (Å²) in [5, 5.41) is 8.25. The van der Waals surface area contributed by atoms with Crippen molar-refractivity contribution in [3.05, 3.63) is 58.4 Å². The maximum atomic E-state index is 11.9. The molecule has 4 heteroatoms. The second-order valence-electron chi connectivity index (χ2n) is 4.68. The van der Waals surface area contributed by atoms with Crippen molar-refractivity contribution in [3.63, 3.8) is 0 Å². The van der Waals surface area contributed by atoms with E-state index < -0.39 is 0 Å². The fourth-order valence-corrected chi connectivity index (χ4v) is 2.25. The minimum Gasteiger partial charge on any atom is -0.497 e. The lowest BCUT2D eigenvalue weighted by Crippen LogP contribution is -2.09. The van der Waals surface area contributed by atoms with Gasteiger partial charge in [-0.05, 0) is 37.3 Å². The molecule has 0 unspecified atom stereocenters. The lowest BCUT2D eigenvalue weighted by Gasteiger charge is -2.06. The predicted octanol–water partition coefficient (Wildman–Crippen LogP) is 2.91. The molecule has 2 aromatic carbocycles. The zero-order chi connectivity index (χ0) is 14.1. The third-order valence-electron chi connectivity index (χ3n) is 3.31. The highest BCUT2D eigenvalue weighted by atomic mass is 16.5. The Balaban J connectivity index is 2.25. The zero-order valence-electron chi connectivity index (χ0n) is 11.3. The molecule has 0 spiro atoms. The van der Waals surface area contributed by atoms with Crippen LogP contribution in [0.4, 0.5) is 0 Å². The molecule has 1 aromatic heterocycles. The number of rotatable bonds is 2. The molecule has 0 radical (unpaired) electrons. The molecule has 3 rings (SSSR count). The molecule has 0 aliphatic rings. The average molecular weight is 266 g/mol. The summed E-state index contributed by atoms with van der Waals surface area (Å²) >= 11 is 0. The van der Waals surface area contributed by atoms with Gasteiger partial charge in [0, 0.05) is 10.9 Å². The standard InChI is InChI=1S/C16H14N2O2/c1-10-3-8-13-14(9-10)16(19)18-17-15(13)11-4-6-12(20-2)7-5-11/h3-9H,1-2H3,(H,18,19). The van der Waals surface area contributed by atoms with E-state index in [0.29, 0.717) is 5.39 Å². The number of fused-ring (bicyclic) bond motifs is 1. The van der Waals surface area contributed by atoms with Crippen LogP contribution in [0.5, 0.6) is 5.75 Å². The van der Waals surface area contributed by atoms with Crippen LogP contribution in [0, 0.1) is 6.92 Å². The van der Waals surface area contributed by atoms with Crippen LogP contribution in [-0.2, 0) is 0 Å². The number of H-pyrrole nitrogens is 1. The Bertz CT molecular complexity index is 820. The van der Waals surface area contributed by atoms with Crippen LogP contribution in [0.2, 0.25) is 0 Å². The second-order valence-corrected chi connectivity index (χ2v) is 4.68. The number of hydrogen-bond donors (Lipinski definition) is 1. The van der Waals surface area contributed by atoms with Crippen LogP contribution in [0.25, 0.3) is 22.0 Å². The highest BCUT2D eigenvalue weighted by Gasteiger charge is 2.08. The third-order valence-corrected chi connectivity index (χ3v) is 3.31. The molecular formula is C16H14N2O2. The van der Waals surface area contributed by atoms with Gasteiger partial charge in [-0.25, -0.2) is 5.10 Å². The molecule has 0 fully saturated rings. The van der Waals surface area contributed by atoms with E-state index in [2.05, 4.69) is 10.2 Å². The van der Waals surface area contributed by atoms with Gasteiger partial charge in [0.1, 0.15) is 5.75 Å². The number of hydrogen-bond acceptors (Lipinski definition) is 3. The van der Waals surface area contributed by atoms with Crippen molar-refractivity contribution in [2.45, 2.75) is 6.92 Å². The summed E-state index contributed by atoms with van der Waals surface area (Å²) in [6.45, 7) is 1.96. The Kier molecular flexibility index (Phi) is 2.99. The average Bonchev–Trinajstić information content (AvgIpc) is 2.48. The predicted molar refractivity (Wildman–Crippen MR) is 79.1 cm³/mol. The van der Waals surface area contributed by atoms with Gasteiger partial charge >= 0.3 is 0 Å². The second kappa shape index (κ2) is 4.81. The van der Waals surface area contributed by atoms with E-state index in [0.717, 1.165) is 28.0 Å². The van der Waals surface area contributed by atoms with Gasteiger partial charge in [-0.15, -0.1) is 0 Å². The van der Waals surface area contributed by atoms with Gasteiger partial charge in [0.05, 0.1) is 18.2 Å². The largest absolute Gasteiger partial charge is 0.497 e. The first-order valence-electron chi connectivity index (χ1n) is 6.32. The van der Waals surface area contributed by atoms with Crippen molar-refractivity contribution in [1.82, 2.24) is 10.2 Å². The van der Waals surface area contributed by atoms with E-state index in [9.17, 15) is 4.79 Å². The van der Waals surface area contributed by atoms with E-state index in [1.54, 1.807) is 7.11 Å². The van der Waals surface area contributed by atoms with E-state index in [1.807, 2.05) is 49.4 Å². The lowest BCUT2D eigenvalue weighted by molar-refractivity contribution is 0.415. The number of nitrogens with zero attached hydrogens (tertiary/aromatic N) is 1. The number of benzene rings is 2. The highest BCUT2D eigenvalue weighted by molar-refractivity contribution is 5.94. The quantitative estimate of drug-likeness (QED) is 0.776. The van der Waals surface area contributed by atoms with Gasteiger partial charge in [-0.3, -0.25) is 4.79 Å². The SMILES string of the molecule is COc1ccc(-c2n[nH]c(=O)c3cc(C)ccc23)cc1. The number of ether oxygens (including phenoxy) is 1. The molecule has 4 nitrogen and oxygen atoms in total. The molecule has 0 bridgehead atoms. The van der Waals surface area contributed by atoms with Crippen molar-refractivity contribution in [2.24, 2.45) is 0 Å². The number of nitrogens with one attached hydrogen (secondary N) is 1. The first-order chi connectivity index (χ1) is 9.69. The molecule has 1 heterocycles. The minimum atomic E-state index is -0.166. The molecule has 0 atom stereocenters. The number of aromatic nitrogens is 2. The topological polar surface area (TPSA) is 55.0 Å². The minimum absolute atomic E-state index is 0.166. The monoisotopic (exact) mass is 266 g/mol. The van der Waals surface area contributed by atoms with Gasteiger partial charge in [0.2, 0.25) is 0 Å². The number of aromatic amines is 1. The molecule has 0 aliphatic carbocycles. The van der Waals surface area contributed by atoms with Gasteiger partial charge in [-0.1, -0.05) is 17.7 Å². The van der Waals surface area contributed by atoms with Crippen molar-refractivity contribution in [2.75, 3.05) is 7.11 Å². The molecule has 0 saturated heterocycles. The molecule has 3 aromatic rings. The van der Waals surface area contributed by atoms with E-state index in [1.165, 1.54) is 0 Å². The Morgan fingerprint density at radius 3 is 2.50 bits per heavy atom. The zero-order valence-corrected chi connectivity index (χ0v) is 11.3. The van der Waals surface area contributed by atoms with Crippen molar-refractivity contribution < 1.29 is 4.74 Å². The van der Waals surface area contributed by atoms with Crippen molar-refractivity contribution in [3.8, 4) is 17.0 Å². The molecule has 20 heavy (non-hydrogen) atoms. The molecule has 0 amide bonds. The van der Waals surface area contributed by atoms with Gasteiger partial charge < -0.3 is 4.74 Å². The van der Waals surface area contributed by atoms with E-state index in [4.69, 9.17) is 4.74 Å². The molecule has 0 aliphatic heterocycles. The molecular weight excluding hydrogens is 252 g/mol. The molecule has 0 saturated carbocycles. The Hall–Kier alpha value is -2.62. The lowest BCUT2D eigenvalue weighted by atomic mass is 10.0. The maximum Gasteiger partial charge on any atom is 0.272 e. The van der Waals surface area contributed by atoms with Crippen molar-refractivity contribution in [1.29, 1.82) is 0 Å². The molecule has 100 valence electrons. The molecule has 1 N–H and O–H groups in total. The van der Waals surface area contributed by atoms with Gasteiger partial charge in [-0.2, -0.15) is 5.10 Å². The summed E-state index contributed by atoms with van der Waals surface area (Å²) in [7, 11) is 1.63. The summed E-state index contributed by atoms with van der Waals surface area (Å²) in [6, 6.07) is 13.4. The van der Waals surface area contributed by atoms with Crippen LogP contribution in [0.15, 0.2) is 47.3 Å². The van der Waals surface area contributed by atoms with Crippen LogP contribution in [0.3, 0.4) is 0 Å². The maximum absolute atomic E-state index is 11.9. The highest BCUT2D eigenvalue weighted by Crippen LogP contribution is 2.26. The summed E-state index contributed by atoms with van der Waals surface area (Å²) < 4.78 is 5.15. The van der Waals surface area contributed by atoms with Crippen LogP contribution < -0.4 is 10.3 Å². The fraction of sp³-hybridized carbons (Fsp3) is 0.125. The van der Waals surface area contributed by atoms with Crippen molar-refractivity contribution >= 4 is 10.8 Å². The summed E-state index contributed by atoms with van der Waals surface area (Å²) in [5.74, 6) is 0.790. The smallest absolute Gasteiger partial charge is 0.272 e. The van der Waals surface area contributed by atoms with Gasteiger partial charge in [0.15, 0.2) is 0 Å². The fourth-order valence-electron chi connectivity index (χ4n) is 2.25.